The van der Waals surface area contributed by atoms with Gasteiger partial charge in [0.15, 0.2) is 0 Å². The number of nitrogens with one attached hydrogen (secondary N) is 1. The van der Waals surface area contributed by atoms with Gasteiger partial charge in [-0.3, -0.25) is 0 Å². The average molecular weight is 280 g/mol. The van der Waals surface area contributed by atoms with Crippen LogP contribution in [0.25, 0.3) is 0 Å². The number of hydrogen-bond acceptors (Lipinski definition) is 5. The van der Waals surface area contributed by atoms with Gasteiger partial charge in [-0.1, -0.05) is 19.8 Å². The fourth-order valence-corrected chi connectivity index (χ4v) is 3.01. The Balaban J connectivity index is 2.07. The monoisotopic (exact) mass is 280 g/mol. The first-order valence-corrected chi connectivity index (χ1v) is 8.12. The van der Waals surface area contributed by atoms with E-state index in [0.29, 0.717) is 12.0 Å². The molecule has 0 aromatic carbocycles. The molecule has 0 saturated heterocycles. The molecule has 1 N–H and O–H groups in total. The maximum atomic E-state index is 5.56. The van der Waals surface area contributed by atoms with Crippen molar-refractivity contribution in [1.29, 1.82) is 0 Å². The predicted octanol–water partition coefficient (Wildman–Crippen LogP) is 2.94. The summed E-state index contributed by atoms with van der Waals surface area (Å²) in [6.45, 7) is 9.33. The Kier molecular flexibility index (Phi) is 5.83. The van der Waals surface area contributed by atoms with Crippen molar-refractivity contribution < 1.29 is 4.52 Å². The molecule has 5 heteroatoms. The van der Waals surface area contributed by atoms with Gasteiger partial charge in [0.05, 0.1) is 5.92 Å². The van der Waals surface area contributed by atoms with Crippen molar-refractivity contribution in [3.05, 3.63) is 5.89 Å². The van der Waals surface area contributed by atoms with E-state index in [-0.39, 0.29) is 0 Å². The molecule has 1 fully saturated rings. The second-order valence-corrected chi connectivity index (χ2v) is 5.56. The van der Waals surface area contributed by atoms with Crippen molar-refractivity contribution >= 4 is 5.95 Å². The van der Waals surface area contributed by atoms with Crippen LogP contribution in [0.2, 0.25) is 0 Å². The molecule has 0 spiro atoms. The van der Waals surface area contributed by atoms with E-state index >= 15 is 0 Å². The van der Waals surface area contributed by atoms with E-state index in [9.17, 15) is 0 Å². The maximum absolute atomic E-state index is 5.56. The molecule has 2 atom stereocenters. The lowest BCUT2D eigenvalue weighted by atomic mass is 9.84. The van der Waals surface area contributed by atoms with Gasteiger partial charge in [-0.15, -0.1) is 0 Å². The molecule has 1 aromatic heterocycles. The Hall–Kier alpha value is -1.10. The van der Waals surface area contributed by atoms with Crippen molar-refractivity contribution in [1.82, 2.24) is 15.5 Å². The third kappa shape index (κ3) is 3.51. The standard InChI is InChI=1S/C15H28N4O/c1-4-11-16-13-10-8-7-9-12(13)14-17-15(18-20-14)19(5-2)6-3/h12-13,16H,4-11H2,1-3H3. The largest absolute Gasteiger partial charge is 0.339 e. The van der Waals surface area contributed by atoms with Crippen molar-refractivity contribution in [2.24, 2.45) is 0 Å². The fraction of sp³-hybridized carbons (Fsp3) is 0.867. The van der Waals surface area contributed by atoms with E-state index in [1.54, 1.807) is 0 Å². The topological polar surface area (TPSA) is 54.2 Å². The van der Waals surface area contributed by atoms with E-state index in [1.807, 2.05) is 0 Å². The molecular formula is C15H28N4O. The minimum absolute atomic E-state index is 0.382. The molecule has 20 heavy (non-hydrogen) atoms. The number of nitrogens with zero attached hydrogens (tertiary/aromatic N) is 3. The van der Waals surface area contributed by atoms with Gasteiger partial charge in [0.2, 0.25) is 5.89 Å². The number of aromatic nitrogens is 2. The molecule has 0 radical (unpaired) electrons. The van der Waals surface area contributed by atoms with Crippen molar-refractivity contribution in [2.45, 2.75) is 64.8 Å². The number of anilines is 1. The molecule has 1 saturated carbocycles. The maximum Gasteiger partial charge on any atom is 0.266 e. The first-order chi connectivity index (χ1) is 9.80. The smallest absolute Gasteiger partial charge is 0.266 e. The minimum atomic E-state index is 0.382. The van der Waals surface area contributed by atoms with Crippen LogP contribution in [0, 0.1) is 0 Å². The van der Waals surface area contributed by atoms with Gasteiger partial charge < -0.3 is 14.7 Å². The van der Waals surface area contributed by atoms with Gasteiger partial charge in [0.25, 0.3) is 5.95 Å². The van der Waals surface area contributed by atoms with Crippen molar-refractivity contribution in [2.75, 3.05) is 24.5 Å². The molecule has 0 amide bonds. The van der Waals surface area contributed by atoms with Crippen LogP contribution in [0.3, 0.4) is 0 Å². The molecule has 2 unspecified atom stereocenters. The van der Waals surface area contributed by atoms with Crippen molar-refractivity contribution in [3.8, 4) is 0 Å². The van der Waals surface area contributed by atoms with Gasteiger partial charge in [0.1, 0.15) is 0 Å². The van der Waals surface area contributed by atoms with Gasteiger partial charge in [0, 0.05) is 19.1 Å². The predicted molar refractivity (Wildman–Crippen MR) is 81.1 cm³/mol. The molecule has 5 nitrogen and oxygen atoms in total. The summed E-state index contributed by atoms with van der Waals surface area (Å²) in [7, 11) is 0. The molecule has 1 aromatic rings. The molecule has 0 bridgehead atoms. The summed E-state index contributed by atoms with van der Waals surface area (Å²) < 4.78 is 5.56. The second-order valence-electron chi connectivity index (χ2n) is 5.56. The highest BCUT2D eigenvalue weighted by Gasteiger charge is 2.30. The van der Waals surface area contributed by atoms with Crippen LogP contribution in [0.5, 0.6) is 0 Å². The van der Waals surface area contributed by atoms with Crippen LogP contribution < -0.4 is 10.2 Å². The zero-order valence-corrected chi connectivity index (χ0v) is 13.1. The number of hydrogen-bond donors (Lipinski definition) is 1. The molecule has 0 aliphatic heterocycles. The molecular weight excluding hydrogens is 252 g/mol. The summed E-state index contributed by atoms with van der Waals surface area (Å²) in [6, 6.07) is 0.494. The van der Waals surface area contributed by atoms with E-state index in [4.69, 9.17) is 4.52 Å². The normalized spacial score (nSPS) is 22.9. The first kappa shape index (κ1) is 15.3. The highest BCUT2D eigenvalue weighted by Crippen LogP contribution is 2.32. The van der Waals surface area contributed by atoms with Crippen LogP contribution in [0.4, 0.5) is 5.95 Å². The van der Waals surface area contributed by atoms with Gasteiger partial charge in [-0.2, -0.15) is 4.98 Å². The van der Waals surface area contributed by atoms with Gasteiger partial charge in [-0.05, 0) is 44.8 Å². The summed E-state index contributed by atoms with van der Waals surface area (Å²) in [4.78, 5) is 6.77. The molecule has 2 rings (SSSR count). The first-order valence-electron chi connectivity index (χ1n) is 8.12. The molecule has 1 aliphatic carbocycles. The zero-order valence-electron chi connectivity index (χ0n) is 13.1. The van der Waals surface area contributed by atoms with Gasteiger partial charge in [-0.25, -0.2) is 0 Å². The Bertz CT molecular complexity index is 389. The lowest BCUT2D eigenvalue weighted by molar-refractivity contribution is 0.262. The highest BCUT2D eigenvalue weighted by atomic mass is 16.5. The SMILES string of the molecule is CCCNC1CCCCC1c1nc(N(CC)CC)no1. The summed E-state index contributed by atoms with van der Waals surface area (Å²) in [5.41, 5.74) is 0. The number of rotatable bonds is 7. The summed E-state index contributed by atoms with van der Waals surface area (Å²) >= 11 is 0. The zero-order chi connectivity index (χ0) is 14.4. The average Bonchev–Trinajstić information content (AvgIpc) is 2.96. The molecule has 1 aliphatic rings. The van der Waals surface area contributed by atoms with Crippen molar-refractivity contribution in [3.63, 3.8) is 0 Å². The van der Waals surface area contributed by atoms with Crippen LogP contribution in [0.15, 0.2) is 4.52 Å². The van der Waals surface area contributed by atoms with Crippen LogP contribution in [-0.4, -0.2) is 35.8 Å². The van der Waals surface area contributed by atoms with Gasteiger partial charge >= 0.3 is 0 Å². The third-order valence-corrected chi connectivity index (χ3v) is 4.22. The summed E-state index contributed by atoms with van der Waals surface area (Å²) in [5, 5.41) is 7.81. The molecule has 114 valence electrons. The van der Waals surface area contributed by atoms with E-state index in [0.717, 1.165) is 44.3 Å². The summed E-state index contributed by atoms with van der Waals surface area (Å²) in [5.74, 6) is 1.94. The fourth-order valence-electron chi connectivity index (χ4n) is 3.01. The van der Waals surface area contributed by atoms with E-state index < -0.39 is 0 Å². The lowest BCUT2D eigenvalue weighted by Crippen LogP contribution is -2.37. The van der Waals surface area contributed by atoms with E-state index in [1.165, 1.54) is 19.3 Å². The van der Waals surface area contributed by atoms with E-state index in [2.05, 4.69) is 41.1 Å². The second kappa shape index (κ2) is 7.62. The Morgan fingerprint density at radius 2 is 1.95 bits per heavy atom. The lowest BCUT2D eigenvalue weighted by Gasteiger charge is -2.29. The quantitative estimate of drug-likeness (QED) is 0.832. The summed E-state index contributed by atoms with van der Waals surface area (Å²) in [6.07, 6.45) is 6.10. The Morgan fingerprint density at radius 1 is 1.20 bits per heavy atom. The van der Waals surface area contributed by atoms with Crippen LogP contribution in [-0.2, 0) is 0 Å². The highest BCUT2D eigenvalue weighted by molar-refractivity contribution is 5.27. The Labute approximate surface area is 122 Å². The van der Waals surface area contributed by atoms with Crippen LogP contribution >= 0.6 is 0 Å². The minimum Gasteiger partial charge on any atom is -0.339 e. The third-order valence-electron chi connectivity index (χ3n) is 4.22. The molecule has 1 heterocycles. The van der Waals surface area contributed by atoms with Crippen LogP contribution in [0.1, 0.15) is 64.7 Å². The Morgan fingerprint density at radius 3 is 2.65 bits per heavy atom.